The smallest absolute Gasteiger partial charge is 0.259 e. The SMILES string of the molecule is C[C@@H]1CN([C@H](C)CO)C(=O)c2cc(C#CC3(O)CCCC3)cnc2O[C@H]1CN(C)Cc1cccnc1. The van der Waals surface area contributed by atoms with E-state index >= 15 is 0 Å². The summed E-state index contributed by atoms with van der Waals surface area (Å²) in [4.78, 5) is 26.1. The quantitative estimate of drug-likeness (QED) is 0.598. The average molecular weight is 493 g/mol. The highest BCUT2D eigenvalue weighted by Crippen LogP contribution is 2.30. The lowest BCUT2D eigenvalue weighted by Crippen LogP contribution is -2.49. The van der Waals surface area contributed by atoms with Crippen molar-refractivity contribution in [3.8, 4) is 17.7 Å². The Morgan fingerprint density at radius 3 is 2.81 bits per heavy atom. The van der Waals surface area contributed by atoms with Crippen LogP contribution < -0.4 is 4.74 Å². The van der Waals surface area contributed by atoms with Crippen molar-refractivity contribution in [2.24, 2.45) is 5.92 Å². The fraction of sp³-hybridized carbons (Fsp3) is 0.536. The summed E-state index contributed by atoms with van der Waals surface area (Å²) in [7, 11) is 2.03. The number of nitrogens with zero attached hydrogens (tertiary/aromatic N) is 4. The van der Waals surface area contributed by atoms with E-state index in [1.807, 2.05) is 32.3 Å². The number of hydrogen-bond acceptors (Lipinski definition) is 7. The predicted octanol–water partition coefficient (Wildman–Crippen LogP) is 2.49. The zero-order chi connectivity index (χ0) is 25.7. The minimum atomic E-state index is -0.971. The monoisotopic (exact) mass is 492 g/mol. The number of rotatable bonds is 6. The first-order valence-corrected chi connectivity index (χ1v) is 12.7. The third kappa shape index (κ3) is 6.22. The van der Waals surface area contributed by atoms with Gasteiger partial charge in [-0.25, -0.2) is 4.98 Å². The third-order valence-electron chi connectivity index (χ3n) is 7.06. The van der Waals surface area contributed by atoms with Gasteiger partial charge in [-0.05, 0) is 57.4 Å². The van der Waals surface area contributed by atoms with E-state index in [2.05, 4.69) is 33.6 Å². The molecule has 1 aliphatic carbocycles. The Labute approximate surface area is 213 Å². The number of aliphatic hydroxyl groups is 2. The van der Waals surface area contributed by atoms with Crippen LogP contribution in [0.3, 0.4) is 0 Å². The van der Waals surface area contributed by atoms with Gasteiger partial charge in [0.1, 0.15) is 17.3 Å². The van der Waals surface area contributed by atoms with Gasteiger partial charge in [0, 0.05) is 49.7 Å². The van der Waals surface area contributed by atoms with Crippen LogP contribution in [0, 0.1) is 17.8 Å². The van der Waals surface area contributed by atoms with Crippen LogP contribution in [0.25, 0.3) is 0 Å². The van der Waals surface area contributed by atoms with Crippen molar-refractivity contribution in [3.63, 3.8) is 0 Å². The van der Waals surface area contributed by atoms with Gasteiger partial charge in [-0.15, -0.1) is 0 Å². The normalized spacial score (nSPS) is 22.2. The summed E-state index contributed by atoms with van der Waals surface area (Å²) in [5.41, 5.74) is 1.02. The summed E-state index contributed by atoms with van der Waals surface area (Å²) < 4.78 is 6.37. The summed E-state index contributed by atoms with van der Waals surface area (Å²) in [5.74, 6) is 6.04. The number of aliphatic hydroxyl groups excluding tert-OH is 1. The van der Waals surface area contributed by atoms with Gasteiger partial charge in [-0.2, -0.15) is 0 Å². The number of aromatic nitrogens is 2. The molecule has 0 spiro atoms. The molecule has 0 unspecified atom stereocenters. The highest BCUT2D eigenvalue weighted by molar-refractivity contribution is 5.97. The second kappa shape index (κ2) is 11.4. The van der Waals surface area contributed by atoms with Gasteiger partial charge < -0.3 is 19.8 Å². The maximum atomic E-state index is 13.6. The number of likely N-dealkylation sites (N-methyl/N-ethyl adjacent to an activating group) is 1. The maximum Gasteiger partial charge on any atom is 0.259 e. The van der Waals surface area contributed by atoms with E-state index in [1.54, 1.807) is 23.4 Å². The van der Waals surface area contributed by atoms with Crippen molar-refractivity contribution in [1.82, 2.24) is 19.8 Å². The predicted molar refractivity (Wildman–Crippen MR) is 136 cm³/mol. The molecule has 8 nitrogen and oxygen atoms in total. The van der Waals surface area contributed by atoms with Crippen molar-refractivity contribution in [1.29, 1.82) is 0 Å². The molecule has 1 saturated carbocycles. The summed E-state index contributed by atoms with van der Waals surface area (Å²) in [6.07, 6.45) is 8.22. The molecule has 4 rings (SSSR count). The molecule has 1 fully saturated rings. The molecule has 0 saturated heterocycles. The fourth-order valence-electron chi connectivity index (χ4n) is 4.84. The summed E-state index contributed by atoms with van der Waals surface area (Å²) in [5, 5.41) is 20.5. The Morgan fingerprint density at radius 2 is 2.11 bits per heavy atom. The molecule has 1 aliphatic heterocycles. The highest BCUT2D eigenvalue weighted by atomic mass is 16.5. The van der Waals surface area contributed by atoms with Crippen LogP contribution in [0.4, 0.5) is 0 Å². The zero-order valence-corrected chi connectivity index (χ0v) is 21.4. The fourth-order valence-corrected chi connectivity index (χ4v) is 4.84. The highest BCUT2D eigenvalue weighted by Gasteiger charge is 2.34. The van der Waals surface area contributed by atoms with E-state index in [0.717, 1.165) is 18.4 Å². The Bertz CT molecular complexity index is 1110. The number of amides is 1. The lowest BCUT2D eigenvalue weighted by molar-refractivity contribution is 0.0325. The lowest BCUT2D eigenvalue weighted by Gasteiger charge is -2.37. The van der Waals surface area contributed by atoms with Crippen LogP contribution in [-0.4, -0.2) is 80.4 Å². The van der Waals surface area contributed by atoms with E-state index in [-0.39, 0.29) is 36.5 Å². The van der Waals surface area contributed by atoms with E-state index in [4.69, 9.17) is 4.74 Å². The number of carbonyl (C=O) groups excluding carboxylic acids is 1. The summed E-state index contributed by atoms with van der Waals surface area (Å²) in [6, 6.07) is 5.30. The average Bonchev–Trinajstić information content (AvgIpc) is 3.31. The van der Waals surface area contributed by atoms with Crippen LogP contribution >= 0.6 is 0 Å². The van der Waals surface area contributed by atoms with Crippen molar-refractivity contribution >= 4 is 5.91 Å². The molecule has 2 N–H and O–H groups in total. The molecule has 3 atom stereocenters. The number of fused-ring (bicyclic) bond motifs is 1. The van der Waals surface area contributed by atoms with E-state index in [9.17, 15) is 15.0 Å². The topological polar surface area (TPSA) is 99.0 Å². The first-order valence-electron chi connectivity index (χ1n) is 12.7. The van der Waals surface area contributed by atoms with E-state index < -0.39 is 5.60 Å². The van der Waals surface area contributed by atoms with E-state index in [0.29, 0.717) is 43.6 Å². The molecule has 8 heteroatoms. The minimum Gasteiger partial charge on any atom is -0.472 e. The second-order valence-electron chi connectivity index (χ2n) is 10.2. The Hall–Kier alpha value is -2.99. The van der Waals surface area contributed by atoms with Crippen LogP contribution in [0.2, 0.25) is 0 Å². The molecule has 2 aromatic heterocycles. The van der Waals surface area contributed by atoms with Crippen LogP contribution in [0.5, 0.6) is 5.88 Å². The molecule has 2 aromatic rings. The molecule has 36 heavy (non-hydrogen) atoms. The lowest BCUT2D eigenvalue weighted by atomic mass is 9.99. The Morgan fingerprint density at radius 1 is 1.33 bits per heavy atom. The molecule has 192 valence electrons. The van der Waals surface area contributed by atoms with Gasteiger partial charge >= 0.3 is 0 Å². The molecule has 0 radical (unpaired) electrons. The Balaban J connectivity index is 1.61. The third-order valence-corrected chi connectivity index (χ3v) is 7.06. The van der Waals surface area contributed by atoms with Gasteiger partial charge in [0.15, 0.2) is 0 Å². The van der Waals surface area contributed by atoms with Crippen molar-refractivity contribution in [2.75, 3.05) is 26.7 Å². The van der Waals surface area contributed by atoms with Crippen molar-refractivity contribution < 1.29 is 19.7 Å². The molecule has 3 heterocycles. The van der Waals surface area contributed by atoms with Gasteiger partial charge in [-0.3, -0.25) is 14.7 Å². The summed E-state index contributed by atoms with van der Waals surface area (Å²) >= 11 is 0. The van der Waals surface area contributed by atoms with Gasteiger partial charge in [0.2, 0.25) is 5.88 Å². The van der Waals surface area contributed by atoms with Crippen molar-refractivity contribution in [2.45, 2.75) is 63.8 Å². The number of hydrogen-bond donors (Lipinski definition) is 2. The molecule has 1 amide bonds. The second-order valence-corrected chi connectivity index (χ2v) is 10.2. The minimum absolute atomic E-state index is 0.00494. The molecule has 0 aromatic carbocycles. The molecule has 2 aliphatic rings. The summed E-state index contributed by atoms with van der Waals surface area (Å²) in [6.45, 7) is 5.54. The van der Waals surface area contributed by atoms with E-state index in [1.165, 1.54) is 0 Å². The van der Waals surface area contributed by atoms with Gasteiger partial charge in [-0.1, -0.05) is 24.8 Å². The van der Waals surface area contributed by atoms with Gasteiger partial charge in [0.25, 0.3) is 5.91 Å². The van der Waals surface area contributed by atoms with Crippen LogP contribution in [0.1, 0.15) is 61.0 Å². The first kappa shape index (κ1) is 26.1. The number of ether oxygens (including phenoxy) is 1. The largest absolute Gasteiger partial charge is 0.472 e. The number of pyridine rings is 2. The van der Waals surface area contributed by atoms with Gasteiger partial charge in [0.05, 0.1) is 12.6 Å². The number of carbonyl (C=O) groups is 1. The van der Waals surface area contributed by atoms with Crippen LogP contribution in [0.15, 0.2) is 36.8 Å². The molecular weight excluding hydrogens is 456 g/mol. The van der Waals surface area contributed by atoms with Crippen molar-refractivity contribution in [3.05, 3.63) is 53.5 Å². The standard InChI is InChI=1S/C28H36N4O4/c1-20-16-32(21(2)19-33)27(34)24-13-22(8-11-28(35)9-4-5-10-28)15-30-26(24)36-25(20)18-31(3)17-23-7-6-12-29-14-23/h6-7,12-15,20-21,25,33,35H,4-5,9-10,16-19H2,1-3H3/t20-,21-,25+/m1/s1. The zero-order valence-electron chi connectivity index (χ0n) is 21.4. The maximum absolute atomic E-state index is 13.6. The molecule has 0 bridgehead atoms. The molecular formula is C28H36N4O4. The van der Waals surface area contributed by atoms with Crippen LogP contribution in [-0.2, 0) is 6.54 Å². The Kier molecular flexibility index (Phi) is 8.24. The first-order chi connectivity index (χ1) is 17.3.